The molecule has 0 bridgehead atoms. The first-order valence-corrected chi connectivity index (χ1v) is 14.6. The zero-order valence-corrected chi connectivity index (χ0v) is 19.3. The molecule has 2 fully saturated rings. The van der Waals surface area contributed by atoms with E-state index >= 15 is 0 Å². The van der Waals surface area contributed by atoms with Gasteiger partial charge in [0.15, 0.2) is 0 Å². The summed E-state index contributed by atoms with van der Waals surface area (Å²) in [5, 5.41) is 0. The van der Waals surface area contributed by atoms with Gasteiger partial charge in [0.2, 0.25) is 0 Å². The molecule has 1 aliphatic heterocycles. The molecule has 2 aliphatic rings. The zero-order valence-electron chi connectivity index (χ0n) is 18.2. The molecule has 0 nitrogen and oxygen atoms in total. The van der Waals surface area contributed by atoms with Gasteiger partial charge in [0, 0.05) is 8.80 Å². The van der Waals surface area contributed by atoms with E-state index in [4.69, 9.17) is 0 Å². The summed E-state index contributed by atoms with van der Waals surface area (Å²) in [6.45, 7) is 2.35. The van der Waals surface area contributed by atoms with Crippen molar-refractivity contribution in [1.29, 1.82) is 0 Å². The Kier molecular flexibility index (Phi) is 8.70. The fourth-order valence-corrected chi connectivity index (χ4v) is 9.41. The van der Waals surface area contributed by atoms with Crippen molar-refractivity contribution in [2.45, 2.75) is 102 Å². The predicted octanol–water partition coefficient (Wildman–Crippen LogP) is 8.27. The second-order valence-corrected chi connectivity index (χ2v) is 13.3. The first kappa shape index (κ1) is 22.9. The third-order valence-corrected chi connectivity index (χ3v) is 11.4. The first-order valence-electron chi connectivity index (χ1n) is 12.1. The lowest BCUT2D eigenvalue weighted by molar-refractivity contribution is -0.137. The maximum absolute atomic E-state index is 12.6. The van der Waals surface area contributed by atoms with Crippen molar-refractivity contribution in [3.63, 3.8) is 0 Å². The molecule has 0 radical (unpaired) electrons. The summed E-state index contributed by atoms with van der Waals surface area (Å²) in [6, 6.07) is 10.5. The number of hydrogen-bond acceptors (Lipinski definition) is 0. The van der Waals surface area contributed by atoms with Crippen LogP contribution >= 0.6 is 0 Å². The molecule has 1 aromatic rings. The normalized spacial score (nSPS) is 28.4. The maximum Gasteiger partial charge on any atom is 0.416 e. The number of benzene rings is 1. The minimum atomic E-state index is -4.23. The zero-order chi connectivity index (χ0) is 20.7. The summed E-state index contributed by atoms with van der Waals surface area (Å²) in [4.78, 5) is 0. The van der Waals surface area contributed by atoms with Gasteiger partial charge in [-0.25, -0.2) is 0 Å². The number of halogens is 3. The number of aryl methyl sites for hydroxylation is 1. The second-order valence-electron chi connectivity index (χ2n) is 9.79. The monoisotopic (exact) mass is 424 g/mol. The molecule has 0 unspecified atom stereocenters. The lowest BCUT2D eigenvalue weighted by Crippen LogP contribution is -2.28. The smallest absolute Gasteiger partial charge is 0.166 e. The van der Waals surface area contributed by atoms with Crippen LogP contribution in [0.3, 0.4) is 0 Å². The van der Waals surface area contributed by atoms with Crippen molar-refractivity contribution < 1.29 is 13.2 Å². The van der Waals surface area contributed by atoms with Crippen molar-refractivity contribution in [2.75, 3.05) is 0 Å². The van der Waals surface area contributed by atoms with Gasteiger partial charge < -0.3 is 0 Å². The van der Waals surface area contributed by atoms with Crippen LogP contribution in [0.15, 0.2) is 24.3 Å². The van der Waals surface area contributed by atoms with Crippen LogP contribution in [0.4, 0.5) is 13.2 Å². The SMILES string of the molecule is CCC[Si@H]1CC[C@H]([C@H]2CC[C@H](CCCCc3ccc(C(F)(F)F)cc3)CC2)CC1. The number of unbranched alkanes of at least 4 members (excludes halogenated alkanes) is 1. The second kappa shape index (κ2) is 11.0. The van der Waals surface area contributed by atoms with Crippen LogP contribution in [0.2, 0.25) is 18.1 Å². The summed E-state index contributed by atoms with van der Waals surface area (Å²) >= 11 is 0. The molecule has 4 heteroatoms. The van der Waals surface area contributed by atoms with Crippen LogP contribution in [0.1, 0.15) is 82.3 Å². The molecule has 3 rings (SSSR count). The summed E-state index contributed by atoms with van der Waals surface area (Å²) in [5.74, 6) is 2.94. The summed E-state index contributed by atoms with van der Waals surface area (Å²) in [6.07, 6.45) is 10.5. The van der Waals surface area contributed by atoms with E-state index in [-0.39, 0.29) is 8.80 Å². The molecule has 0 spiro atoms. The van der Waals surface area contributed by atoms with E-state index in [0.29, 0.717) is 0 Å². The highest BCUT2D eigenvalue weighted by atomic mass is 28.3. The summed E-state index contributed by atoms with van der Waals surface area (Å²) < 4.78 is 37.9. The van der Waals surface area contributed by atoms with Crippen molar-refractivity contribution in [3.8, 4) is 0 Å². The molecular formula is C25H39F3Si. The van der Waals surface area contributed by atoms with Crippen LogP contribution < -0.4 is 0 Å². The van der Waals surface area contributed by atoms with Crippen LogP contribution in [-0.4, -0.2) is 8.80 Å². The van der Waals surface area contributed by atoms with Gasteiger partial charge >= 0.3 is 6.18 Å². The van der Waals surface area contributed by atoms with Crippen molar-refractivity contribution in [2.24, 2.45) is 17.8 Å². The number of hydrogen-bond donors (Lipinski definition) is 0. The van der Waals surface area contributed by atoms with E-state index in [2.05, 4.69) is 6.92 Å². The van der Waals surface area contributed by atoms with Crippen LogP contribution in [-0.2, 0) is 12.6 Å². The molecule has 0 atom stereocenters. The summed E-state index contributed by atoms with van der Waals surface area (Å²) in [7, 11) is -0.344. The molecule has 164 valence electrons. The fourth-order valence-electron chi connectivity index (χ4n) is 5.93. The Morgan fingerprint density at radius 1 is 0.862 bits per heavy atom. The molecule has 0 amide bonds. The Morgan fingerprint density at radius 3 is 2.07 bits per heavy atom. The Morgan fingerprint density at radius 2 is 1.48 bits per heavy atom. The molecular weight excluding hydrogens is 385 g/mol. The molecule has 1 aliphatic carbocycles. The molecule has 1 heterocycles. The highest BCUT2D eigenvalue weighted by Crippen LogP contribution is 2.42. The van der Waals surface area contributed by atoms with Crippen LogP contribution in [0.5, 0.6) is 0 Å². The van der Waals surface area contributed by atoms with E-state index in [1.807, 2.05) is 0 Å². The lowest BCUT2D eigenvalue weighted by Gasteiger charge is -2.37. The van der Waals surface area contributed by atoms with E-state index in [1.165, 1.54) is 57.1 Å². The van der Waals surface area contributed by atoms with Crippen molar-refractivity contribution in [3.05, 3.63) is 35.4 Å². The van der Waals surface area contributed by atoms with Crippen LogP contribution in [0.25, 0.3) is 0 Å². The molecule has 1 saturated carbocycles. The largest absolute Gasteiger partial charge is 0.416 e. The van der Waals surface area contributed by atoms with Crippen molar-refractivity contribution >= 4 is 8.80 Å². The average molecular weight is 425 g/mol. The molecule has 29 heavy (non-hydrogen) atoms. The fraction of sp³-hybridized carbons (Fsp3) is 0.760. The maximum atomic E-state index is 12.6. The minimum Gasteiger partial charge on any atom is -0.166 e. The van der Waals surface area contributed by atoms with Crippen molar-refractivity contribution in [1.82, 2.24) is 0 Å². The number of alkyl halides is 3. The third kappa shape index (κ3) is 7.15. The van der Waals surface area contributed by atoms with Gasteiger partial charge in [-0.1, -0.05) is 82.1 Å². The molecule has 0 aromatic heterocycles. The summed E-state index contributed by atoms with van der Waals surface area (Å²) in [5.41, 5.74) is 0.489. The highest BCUT2D eigenvalue weighted by molar-refractivity contribution is 6.58. The number of rotatable bonds is 8. The third-order valence-electron chi connectivity index (χ3n) is 7.76. The topological polar surface area (TPSA) is 0 Å². The average Bonchev–Trinajstić information content (AvgIpc) is 2.72. The Bertz CT molecular complexity index is 579. The van der Waals surface area contributed by atoms with Gasteiger partial charge in [0.1, 0.15) is 0 Å². The minimum absolute atomic E-state index is 0.344. The molecule has 0 N–H and O–H groups in total. The van der Waals surface area contributed by atoms with E-state index in [1.54, 1.807) is 43.1 Å². The van der Waals surface area contributed by atoms with E-state index in [9.17, 15) is 13.2 Å². The standard InChI is InChI=1S/C25H39F3Si/c1-2-17-29-18-15-23(16-19-29)22-11-7-20(8-12-22)5-3-4-6-21-9-13-24(14-10-21)25(26,27)28/h9-10,13-14,20,22-23,29H,2-8,11-12,15-19H2,1H3/t20-,22-,23-,29-. The van der Waals surface area contributed by atoms with Gasteiger partial charge in [-0.2, -0.15) is 13.2 Å². The van der Waals surface area contributed by atoms with E-state index in [0.717, 1.165) is 36.2 Å². The molecule has 1 aromatic carbocycles. The predicted molar refractivity (Wildman–Crippen MR) is 119 cm³/mol. The van der Waals surface area contributed by atoms with Gasteiger partial charge in [-0.3, -0.25) is 0 Å². The van der Waals surface area contributed by atoms with E-state index < -0.39 is 11.7 Å². The lowest BCUT2D eigenvalue weighted by atomic mass is 9.73. The molecule has 1 saturated heterocycles. The Balaban J connectivity index is 1.29. The van der Waals surface area contributed by atoms with Gasteiger partial charge in [-0.15, -0.1) is 0 Å². The van der Waals surface area contributed by atoms with Gasteiger partial charge in [0.25, 0.3) is 0 Å². The van der Waals surface area contributed by atoms with Crippen LogP contribution in [0, 0.1) is 17.8 Å². The first-order chi connectivity index (χ1) is 14.0. The Labute approximate surface area is 177 Å². The van der Waals surface area contributed by atoms with Gasteiger partial charge in [0.05, 0.1) is 5.56 Å². The highest BCUT2D eigenvalue weighted by Gasteiger charge is 2.31. The quantitative estimate of drug-likeness (QED) is 0.291. The van der Waals surface area contributed by atoms with Gasteiger partial charge in [-0.05, 0) is 61.1 Å². The Hall–Kier alpha value is -0.773.